The van der Waals surface area contributed by atoms with Crippen LogP contribution in [0.25, 0.3) is 0 Å². The van der Waals surface area contributed by atoms with Crippen molar-refractivity contribution in [2.24, 2.45) is 0 Å². The molecule has 2 aromatic carbocycles. The third kappa shape index (κ3) is 5.35. The molecule has 0 aliphatic carbocycles. The molecule has 2 amide bonds. The molecule has 0 atom stereocenters. The molecular formula is C17H16Br2N2O3. The van der Waals surface area contributed by atoms with Gasteiger partial charge in [0, 0.05) is 22.3 Å². The summed E-state index contributed by atoms with van der Waals surface area (Å²) >= 11 is 6.73. The molecule has 0 aliphatic rings. The number of hydrogen-bond donors (Lipinski definition) is 2. The van der Waals surface area contributed by atoms with Crippen molar-refractivity contribution in [3.8, 4) is 5.75 Å². The van der Waals surface area contributed by atoms with Crippen molar-refractivity contribution < 1.29 is 14.3 Å². The molecule has 0 aliphatic heterocycles. The molecule has 0 saturated heterocycles. The fourth-order valence-electron chi connectivity index (χ4n) is 1.93. The van der Waals surface area contributed by atoms with Gasteiger partial charge in [0.2, 0.25) is 0 Å². The molecule has 0 radical (unpaired) electrons. The molecule has 2 rings (SSSR count). The zero-order valence-corrected chi connectivity index (χ0v) is 16.1. The van der Waals surface area contributed by atoms with E-state index in [1.165, 1.54) is 0 Å². The summed E-state index contributed by atoms with van der Waals surface area (Å²) in [5.41, 5.74) is 1.04. The van der Waals surface area contributed by atoms with Crippen LogP contribution in [-0.2, 0) is 4.79 Å². The number of carbonyl (C=O) groups is 2. The predicted molar refractivity (Wildman–Crippen MR) is 100 cm³/mol. The van der Waals surface area contributed by atoms with Crippen molar-refractivity contribution in [2.45, 2.75) is 6.92 Å². The Labute approximate surface area is 157 Å². The van der Waals surface area contributed by atoms with E-state index in [0.717, 1.165) is 8.95 Å². The van der Waals surface area contributed by atoms with Gasteiger partial charge in [-0.2, -0.15) is 0 Å². The number of carbonyl (C=O) groups excluding carboxylic acids is 2. The molecule has 0 heterocycles. The SMILES string of the molecule is CCNC(=O)c1cccc(NC(=O)COc2ccc(Br)cc2Br)c1. The maximum absolute atomic E-state index is 12.0. The Kier molecular flexibility index (Phi) is 6.81. The highest BCUT2D eigenvalue weighted by Gasteiger charge is 2.09. The van der Waals surface area contributed by atoms with Gasteiger partial charge in [0.15, 0.2) is 6.61 Å². The van der Waals surface area contributed by atoms with Crippen LogP contribution in [0.15, 0.2) is 51.4 Å². The van der Waals surface area contributed by atoms with Crippen LogP contribution in [0.3, 0.4) is 0 Å². The predicted octanol–water partition coefficient (Wildman–Crippen LogP) is 3.98. The van der Waals surface area contributed by atoms with Crippen LogP contribution in [0.5, 0.6) is 5.75 Å². The molecule has 7 heteroatoms. The summed E-state index contributed by atoms with van der Waals surface area (Å²) in [5.74, 6) is 0.0888. The summed E-state index contributed by atoms with van der Waals surface area (Å²) in [6, 6.07) is 12.2. The topological polar surface area (TPSA) is 67.4 Å². The van der Waals surface area contributed by atoms with Gasteiger partial charge in [-0.3, -0.25) is 9.59 Å². The first-order valence-electron chi connectivity index (χ1n) is 7.25. The number of amides is 2. The lowest BCUT2D eigenvalue weighted by Crippen LogP contribution is -2.23. The van der Waals surface area contributed by atoms with E-state index in [9.17, 15) is 9.59 Å². The maximum Gasteiger partial charge on any atom is 0.262 e. The summed E-state index contributed by atoms with van der Waals surface area (Å²) in [6.07, 6.45) is 0. The van der Waals surface area contributed by atoms with Crippen molar-refractivity contribution in [3.05, 3.63) is 57.0 Å². The van der Waals surface area contributed by atoms with Gasteiger partial charge in [0.05, 0.1) is 4.47 Å². The Hall–Kier alpha value is -1.86. The smallest absolute Gasteiger partial charge is 0.262 e. The van der Waals surface area contributed by atoms with E-state index in [4.69, 9.17) is 4.74 Å². The van der Waals surface area contributed by atoms with Crippen LogP contribution in [-0.4, -0.2) is 25.0 Å². The van der Waals surface area contributed by atoms with Gasteiger partial charge in [-0.1, -0.05) is 22.0 Å². The summed E-state index contributed by atoms with van der Waals surface area (Å²) in [4.78, 5) is 23.8. The second-order valence-corrected chi connectivity index (χ2v) is 6.62. The molecule has 2 N–H and O–H groups in total. The van der Waals surface area contributed by atoms with Gasteiger partial charge >= 0.3 is 0 Å². The number of ether oxygens (including phenoxy) is 1. The number of hydrogen-bond acceptors (Lipinski definition) is 3. The van der Waals surface area contributed by atoms with Gasteiger partial charge < -0.3 is 15.4 Å². The lowest BCUT2D eigenvalue weighted by atomic mass is 10.2. The molecule has 0 saturated carbocycles. The van der Waals surface area contributed by atoms with Gasteiger partial charge in [0.25, 0.3) is 11.8 Å². The van der Waals surface area contributed by atoms with Gasteiger partial charge in [-0.25, -0.2) is 0 Å². The highest BCUT2D eigenvalue weighted by molar-refractivity contribution is 9.11. The second kappa shape index (κ2) is 8.84. The van der Waals surface area contributed by atoms with Gasteiger partial charge in [-0.15, -0.1) is 0 Å². The van der Waals surface area contributed by atoms with E-state index < -0.39 is 0 Å². The summed E-state index contributed by atoms with van der Waals surface area (Å²) in [6.45, 7) is 2.26. The summed E-state index contributed by atoms with van der Waals surface area (Å²) < 4.78 is 7.15. The molecule has 126 valence electrons. The van der Waals surface area contributed by atoms with Crippen molar-refractivity contribution in [1.82, 2.24) is 5.32 Å². The lowest BCUT2D eigenvalue weighted by Gasteiger charge is -2.10. The Balaban J connectivity index is 1.95. The van der Waals surface area contributed by atoms with Crippen molar-refractivity contribution >= 4 is 49.4 Å². The number of nitrogens with one attached hydrogen (secondary N) is 2. The van der Waals surface area contributed by atoms with E-state index in [-0.39, 0.29) is 18.4 Å². The molecule has 24 heavy (non-hydrogen) atoms. The monoisotopic (exact) mass is 454 g/mol. The highest BCUT2D eigenvalue weighted by atomic mass is 79.9. The molecule has 2 aromatic rings. The standard InChI is InChI=1S/C17H16Br2N2O3/c1-2-20-17(23)11-4-3-5-13(8-11)21-16(22)10-24-15-7-6-12(18)9-14(15)19/h3-9H,2,10H2,1H3,(H,20,23)(H,21,22). The minimum Gasteiger partial charge on any atom is -0.483 e. The van der Waals surface area contributed by atoms with Crippen molar-refractivity contribution in [2.75, 3.05) is 18.5 Å². The zero-order valence-electron chi connectivity index (χ0n) is 12.9. The van der Waals surface area contributed by atoms with Crippen LogP contribution < -0.4 is 15.4 Å². The van der Waals surface area contributed by atoms with Gasteiger partial charge in [0.1, 0.15) is 5.75 Å². The molecule has 0 unspecified atom stereocenters. The minimum absolute atomic E-state index is 0.133. The molecule has 0 bridgehead atoms. The first kappa shape index (κ1) is 18.5. The average molecular weight is 456 g/mol. The molecule has 0 fully saturated rings. The Morgan fingerprint density at radius 2 is 1.92 bits per heavy atom. The number of benzene rings is 2. The molecule has 0 aromatic heterocycles. The van der Waals surface area contributed by atoms with E-state index in [1.807, 2.05) is 19.1 Å². The highest BCUT2D eigenvalue weighted by Crippen LogP contribution is 2.28. The molecule has 0 spiro atoms. The quantitative estimate of drug-likeness (QED) is 0.692. The first-order chi connectivity index (χ1) is 11.5. The first-order valence-corrected chi connectivity index (χ1v) is 8.84. The maximum atomic E-state index is 12.0. The second-order valence-electron chi connectivity index (χ2n) is 4.85. The van der Waals surface area contributed by atoms with E-state index in [1.54, 1.807) is 30.3 Å². The fraction of sp³-hybridized carbons (Fsp3) is 0.176. The normalized spacial score (nSPS) is 10.1. The average Bonchev–Trinajstić information content (AvgIpc) is 2.54. The molecule has 5 nitrogen and oxygen atoms in total. The summed E-state index contributed by atoms with van der Waals surface area (Å²) in [7, 11) is 0. The van der Waals surface area contributed by atoms with Crippen LogP contribution in [0, 0.1) is 0 Å². The fourth-order valence-corrected chi connectivity index (χ4v) is 3.09. The van der Waals surface area contributed by atoms with Crippen LogP contribution in [0.2, 0.25) is 0 Å². The number of anilines is 1. The number of halogens is 2. The number of rotatable bonds is 6. The van der Waals surface area contributed by atoms with Gasteiger partial charge in [-0.05, 0) is 59.3 Å². The van der Waals surface area contributed by atoms with Crippen LogP contribution in [0.4, 0.5) is 5.69 Å². The largest absolute Gasteiger partial charge is 0.483 e. The van der Waals surface area contributed by atoms with Crippen molar-refractivity contribution in [3.63, 3.8) is 0 Å². The zero-order chi connectivity index (χ0) is 17.5. The Morgan fingerprint density at radius 1 is 1.12 bits per heavy atom. The Morgan fingerprint density at radius 3 is 2.62 bits per heavy atom. The van der Waals surface area contributed by atoms with Crippen LogP contribution >= 0.6 is 31.9 Å². The third-order valence-corrected chi connectivity index (χ3v) is 4.11. The van der Waals surface area contributed by atoms with E-state index in [2.05, 4.69) is 42.5 Å². The van der Waals surface area contributed by atoms with Crippen molar-refractivity contribution in [1.29, 1.82) is 0 Å². The van der Waals surface area contributed by atoms with Crippen LogP contribution in [0.1, 0.15) is 17.3 Å². The molecular weight excluding hydrogens is 440 g/mol. The Bertz CT molecular complexity index is 750. The van der Waals surface area contributed by atoms with E-state index in [0.29, 0.717) is 23.5 Å². The van der Waals surface area contributed by atoms with E-state index >= 15 is 0 Å². The third-order valence-electron chi connectivity index (χ3n) is 3.00. The lowest BCUT2D eigenvalue weighted by molar-refractivity contribution is -0.118. The minimum atomic E-state index is -0.308. The summed E-state index contributed by atoms with van der Waals surface area (Å²) in [5, 5.41) is 5.43.